The van der Waals surface area contributed by atoms with Gasteiger partial charge in [-0.2, -0.15) is 15.0 Å². The molecule has 1 saturated heterocycles. The van der Waals surface area contributed by atoms with Crippen LogP contribution in [0.4, 0.5) is 17.8 Å². The number of aliphatic hydroxyl groups excluding tert-OH is 1. The first-order chi connectivity index (χ1) is 9.97. The second-order valence-electron chi connectivity index (χ2n) is 6.01. The molecule has 0 atom stereocenters. The zero-order valence-corrected chi connectivity index (χ0v) is 13.4. The van der Waals surface area contributed by atoms with E-state index in [4.69, 9.17) is 0 Å². The average molecular weight is 294 g/mol. The first-order valence-electron chi connectivity index (χ1n) is 7.57. The second-order valence-corrected chi connectivity index (χ2v) is 6.01. The van der Waals surface area contributed by atoms with Gasteiger partial charge in [-0.05, 0) is 33.6 Å². The van der Waals surface area contributed by atoms with Gasteiger partial charge in [-0.15, -0.1) is 0 Å². The Morgan fingerprint density at radius 3 is 2.48 bits per heavy atom. The summed E-state index contributed by atoms with van der Waals surface area (Å²) >= 11 is 0. The number of nitrogens with one attached hydrogen (secondary N) is 1. The molecular formula is C14H26N6O. The number of aliphatic hydroxyl groups is 1. The average Bonchev–Trinajstić information content (AvgIpc) is 3.00. The third kappa shape index (κ3) is 3.53. The summed E-state index contributed by atoms with van der Waals surface area (Å²) in [5, 5.41) is 12.7. The van der Waals surface area contributed by atoms with E-state index in [2.05, 4.69) is 25.2 Å². The van der Waals surface area contributed by atoms with E-state index in [0.29, 0.717) is 17.8 Å². The molecule has 118 valence electrons. The van der Waals surface area contributed by atoms with Gasteiger partial charge in [0.15, 0.2) is 0 Å². The van der Waals surface area contributed by atoms with Crippen LogP contribution in [-0.2, 0) is 0 Å². The molecular weight excluding hydrogens is 268 g/mol. The summed E-state index contributed by atoms with van der Waals surface area (Å²) in [6, 6.07) is 0. The predicted octanol–water partition coefficient (Wildman–Crippen LogP) is 1.11. The molecule has 2 rings (SSSR count). The Balaban J connectivity index is 2.35. The van der Waals surface area contributed by atoms with Gasteiger partial charge in [-0.3, -0.25) is 0 Å². The Bertz CT molecular complexity index is 473. The molecule has 0 unspecified atom stereocenters. The number of rotatable bonds is 6. The maximum absolute atomic E-state index is 9.54. The van der Waals surface area contributed by atoms with Crippen LogP contribution in [0.15, 0.2) is 0 Å². The molecule has 1 aromatic rings. The number of nitrogens with zero attached hydrogens (tertiary/aromatic N) is 5. The van der Waals surface area contributed by atoms with Crippen LogP contribution in [-0.4, -0.2) is 58.9 Å². The fraction of sp³-hybridized carbons (Fsp3) is 0.786. The summed E-state index contributed by atoms with van der Waals surface area (Å²) in [5.74, 6) is 1.89. The van der Waals surface area contributed by atoms with Gasteiger partial charge in [0.25, 0.3) is 0 Å². The van der Waals surface area contributed by atoms with Crippen LogP contribution >= 0.6 is 0 Å². The maximum Gasteiger partial charge on any atom is 0.232 e. The van der Waals surface area contributed by atoms with Gasteiger partial charge < -0.3 is 20.2 Å². The zero-order chi connectivity index (χ0) is 15.5. The summed E-state index contributed by atoms with van der Waals surface area (Å²) in [6.45, 7) is 8.70. The Hall–Kier alpha value is -1.63. The zero-order valence-electron chi connectivity index (χ0n) is 13.4. The second kappa shape index (κ2) is 6.43. The van der Waals surface area contributed by atoms with Crippen LogP contribution in [0.5, 0.6) is 0 Å². The third-order valence-electron chi connectivity index (χ3n) is 3.93. The highest BCUT2D eigenvalue weighted by Gasteiger charge is 2.27. The largest absolute Gasteiger partial charge is 0.394 e. The lowest BCUT2D eigenvalue weighted by atomic mass is 10.1. The molecule has 2 heterocycles. The van der Waals surface area contributed by atoms with Gasteiger partial charge in [-0.1, -0.05) is 0 Å². The van der Waals surface area contributed by atoms with Gasteiger partial charge in [0.05, 0.1) is 12.1 Å². The van der Waals surface area contributed by atoms with Crippen molar-refractivity contribution in [3.63, 3.8) is 0 Å². The molecule has 0 aromatic carbocycles. The Morgan fingerprint density at radius 1 is 1.24 bits per heavy atom. The van der Waals surface area contributed by atoms with Crippen molar-refractivity contribution >= 4 is 17.8 Å². The quantitative estimate of drug-likeness (QED) is 0.813. The summed E-state index contributed by atoms with van der Waals surface area (Å²) in [7, 11) is 1.90. The van der Waals surface area contributed by atoms with Crippen molar-refractivity contribution < 1.29 is 5.11 Å². The highest BCUT2D eigenvalue weighted by molar-refractivity contribution is 5.46. The van der Waals surface area contributed by atoms with Crippen LogP contribution < -0.4 is 15.1 Å². The summed E-state index contributed by atoms with van der Waals surface area (Å²) in [6.07, 6.45) is 2.35. The number of anilines is 3. The van der Waals surface area contributed by atoms with E-state index in [1.165, 1.54) is 12.8 Å². The van der Waals surface area contributed by atoms with Crippen molar-refractivity contribution in [2.75, 3.05) is 48.4 Å². The molecule has 0 spiro atoms. The fourth-order valence-corrected chi connectivity index (χ4v) is 2.18. The van der Waals surface area contributed by atoms with Gasteiger partial charge in [0.2, 0.25) is 17.8 Å². The van der Waals surface area contributed by atoms with Crippen LogP contribution in [0, 0.1) is 0 Å². The molecule has 1 aromatic heterocycles. The number of hydrogen-bond donors (Lipinski definition) is 2. The summed E-state index contributed by atoms with van der Waals surface area (Å²) in [4.78, 5) is 17.6. The molecule has 0 radical (unpaired) electrons. The van der Waals surface area contributed by atoms with Gasteiger partial charge in [0, 0.05) is 26.7 Å². The number of hydrogen-bond acceptors (Lipinski definition) is 7. The minimum Gasteiger partial charge on any atom is -0.394 e. The number of likely N-dealkylation sites (N-methyl/N-ethyl adjacent to an activating group) is 1. The maximum atomic E-state index is 9.54. The van der Waals surface area contributed by atoms with Crippen molar-refractivity contribution in [2.45, 2.75) is 39.2 Å². The molecule has 7 nitrogen and oxygen atoms in total. The monoisotopic (exact) mass is 294 g/mol. The smallest absolute Gasteiger partial charge is 0.232 e. The molecule has 0 bridgehead atoms. The van der Waals surface area contributed by atoms with Crippen molar-refractivity contribution in [3.05, 3.63) is 0 Å². The molecule has 1 aliphatic rings. The lowest BCUT2D eigenvalue weighted by Crippen LogP contribution is -2.45. The van der Waals surface area contributed by atoms with Crippen molar-refractivity contribution in [2.24, 2.45) is 0 Å². The van der Waals surface area contributed by atoms with Gasteiger partial charge in [-0.25, -0.2) is 0 Å². The van der Waals surface area contributed by atoms with E-state index in [1.54, 1.807) is 0 Å². The number of aromatic nitrogens is 3. The standard InChI is InChI=1S/C14H26N6O/c1-5-15-11-16-12(19(4)14(2,3)10-21)18-13(17-11)20-8-6-7-9-20/h21H,5-10H2,1-4H3,(H,15,16,17,18). The summed E-state index contributed by atoms with van der Waals surface area (Å²) < 4.78 is 0. The molecule has 0 amide bonds. The Morgan fingerprint density at radius 2 is 1.90 bits per heavy atom. The van der Waals surface area contributed by atoms with E-state index >= 15 is 0 Å². The van der Waals surface area contributed by atoms with Crippen LogP contribution in [0.3, 0.4) is 0 Å². The van der Waals surface area contributed by atoms with E-state index in [1.807, 2.05) is 32.7 Å². The van der Waals surface area contributed by atoms with Crippen molar-refractivity contribution in [1.29, 1.82) is 0 Å². The van der Waals surface area contributed by atoms with Gasteiger partial charge >= 0.3 is 0 Å². The van der Waals surface area contributed by atoms with Crippen molar-refractivity contribution in [3.8, 4) is 0 Å². The highest BCUT2D eigenvalue weighted by atomic mass is 16.3. The van der Waals surface area contributed by atoms with E-state index in [9.17, 15) is 5.11 Å². The lowest BCUT2D eigenvalue weighted by Gasteiger charge is -2.34. The Labute approximate surface area is 126 Å². The first-order valence-corrected chi connectivity index (χ1v) is 7.57. The molecule has 2 N–H and O–H groups in total. The summed E-state index contributed by atoms with van der Waals surface area (Å²) in [5.41, 5.74) is -0.423. The molecule has 7 heteroatoms. The van der Waals surface area contributed by atoms with Crippen LogP contribution in [0.1, 0.15) is 33.6 Å². The van der Waals surface area contributed by atoms with E-state index in [-0.39, 0.29) is 6.61 Å². The van der Waals surface area contributed by atoms with Gasteiger partial charge in [0.1, 0.15) is 0 Å². The minimum atomic E-state index is -0.423. The Kier molecular flexibility index (Phi) is 4.82. The van der Waals surface area contributed by atoms with E-state index in [0.717, 1.165) is 19.6 Å². The molecule has 0 saturated carbocycles. The van der Waals surface area contributed by atoms with Crippen LogP contribution in [0.2, 0.25) is 0 Å². The van der Waals surface area contributed by atoms with Crippen molar-refractivity contribution in [1.82, 2.24) is 15.0 Å². The predicted molar refractivity (Wildman–Crippen MR) is 85.0 cm³/mol. The molecule has 21 heavy (non-hydrogen) atoms. The SMILES string of the molecule is CCNc1nc(N2CCCC2)nc(N(C)C(C)(C)CO)n1. The fourth-order valence-electron chi connectivity index (χ4n) is 2.18. The molecule has 1 fully saturated rings. The third-order valence-corrected chi connectivity index (χ3v) is 3.93. The topological polar surface area (TPSA) is 77.4 Å². The lowest BCUT2D eigenvalue weighted by molar-refractivity contribution is 0.215. The normalized spacial score (nSPS) is 15.4. The van der Waals surface area contributed by atoms with Crippen LogP contribution in [0.25, 0.3) is 0 Å². The molecule has 0 aliphatic carbocycles. The minimum absolute atomic E-state index is 0.0325. The first kappa shape index (κ1) is 15.8. The highest BCUT2D eigenvalue weighted by Crippen LogP contribution is 2.23. The molecule has 1 aliphatic heterocycles. The van der Waals surface area contributed by atoms with E-state index < -0.39 is 5.54 Å².